The summed E-state index contributed by atoms with van der Waals surface area (Å²) in [5.74, 6) is 1.29. The quantitative estimate of drug-likeness (QED) is 0.765. The highest BCUT2D eigenvalue weighted by Crippen LogP contribution is 2.18. The van der Waals surface area contributed by atoms with Crippen molar-refractivity contribution < 1.29 is 9.59 Å². The summed E-state index contributed by atoms with van der Waals surface area (Å²) in [7, 11) is 0. The van der Waals surface area contributed by atoms with Gasteiger partial charge < -0.3 is 14.7 Å². The lowest BCUT2D eigenvalue weighted by Crippen LogP contribution is -2.46. The van der Waals surface area contributed by atoms with Crippen LogP contribution in [0.3, 0.4) is 0 Å². The number of carbonyl (C=O) groups is 2. The van der Waals surface area contributed by atoms with Crippen molar-refractivity contribution in [3.05, 3.63) is 18.1 Å². The van der Waals surface area contributed by atoms with Crippen LogP contribution in [-0.4, -0.2) is 71.4 Å². The minimum Gasteiger partial charge on any atom is -0.352 e. The third-order valence-corrected chi connectivity index (χ3v) is 4.59. The van der Waals surface area contributed by atoms with Gasteiger partial charge in [-0.05, 0) is 18.8 Å². The van der Waals surface area contributed by atoms with Crippen LogP contribution in [0.1, 0.15) is 30.3 Å². The molecule has 2 saturated heterocycles. The standard InChI is InChI=1S/C16H23N5O2/c1-13-3-2-4-21(11-13)16(23)14-9-18-15(10-17-14)20-7-5-19(12-22)6-8-20/h9-10,12-13H,2-8,11H2,1H3. The molecule has 1 aromatic rings. The Morgan fingerprint density at radius 1 is 1.17 bits per heavy atom. The van der Waals surface area contributed by atoms with Crippen LogP contribution in [0.5, 0.6) is 0 Å². The molecule has 0 spiro atoms. The minimum absolute atomic E-state index is 0.0265. The second kappa shape index (κ2) is 6.93. The second-order valence-electron chi connectivity index (χ2n) is 6.39. The molecule has 1 aromatic heterocycles. The number of hydrogen-bond donors (Lipinski definition) is 0. The molecule has 2 fully saturated rings. The fourth-order valence-electron chi connectivity index (χ4n) is 3.19. The maximum absolute atomic E-state index is 12.5. The zero-order chi connectivity index (χ0) is 16.2. The minimum atomic E-state index is -0.0265. The van der Waals surface area contributed by atoms with E-state index in [9.17, 15) is 9.59 Å². The molecular weight excluding hydrogens is 294 g/mol. The molecule has 0 radical (unpaired) electrons. The second-order valence-corrected chi connectivity index (χ2v) is 6.39. The van der Waals surface area contributed by atoms with E-state index < -0.39 is 0 Å². The summed E-state index contributed by atoms with van der Waals surface area (Å²) in [5, 5.41) is 0. The van der Waals surface area contributed by atoms with E-state index in [4.69, 9.17) is 0 Å². The zero-order valence-corrected chi connectivity index (χ0v) is 13.5. The van der Waals surface area contributed by atoms with Gasteiger partial charge in [0, 0.05) is 39.3 Å². The molecule has 2 amide bonds. The molecule has 2 aliphatic heterocycles. The highest BCUT2D eigenvalue weighted by atomic mass is 16.2. The molecule has 1 atom stereocenters. The number of hydrogen-bond acceptors (Lipinski definition) is 5. The number of nitrogens with zero attached hydrogens (tertiary/aromatic N) is 5. The number of aromatic nitrogens is 2. The van der Waals surface area contributed by atoms with Gasteiger partial charge in [0.15, 0.2) is 0 Å². The number of anilines is 1. The smallest absolute Gasteiger partial charge is 0.274 e. The third-order valence-electron chi connectivity index (χ3n) is 4.59. The van der Waals surface area contributed by atoms with E-state index in [1.165, 1.54) is 6.42 Å². The number of carbonyl (C=O) groups excluding carboxylic acids is 2. The van der Waals surface area contributed by atoms with E-state index in [1.807, 2.05) is 4.90 Å². The van der Waals surface area contributed by atoms with Crippen molar-refractivity contribution in [2.75, 3.05) is 44.2 Å². The molecule has 0 aliphatic carbocycles. The van der Waals surface area contributed by atoms with E-state index in [0.717, 1.165) is 44.8 Å². The number of piperazine rings is 1. The average Bonchev–Trinajstić information content (AvgIpc) is 2.61. The maximum atomic E-state index is 12.5. The molecule has 3 heterocycles. The SMILES string of the molecule is CC1CCCN(C(=O)c2cnc(N3CCN(C=O)CC3)cn2)C1. The maximum Gasteiger partial charge on any atom is 0.274 e. The van der Waals surface area contributed by atoms with E-state index in [0.29, 0.717) is 24.7 Å². The van der Waals surface area contributed by atoms with Gasteiger partial charge in [0.05, 0.1) is 12.4 Å². The Kier molecular flexibility index (Phi) is 4.73. The first-order valence-electron chi connectivity index (χ1n) is 8.23. The lowest BCUT2D eigenvalue weighted by atomic mass is 10.0. The third kappa shape index (κ3) is 3.60. The van der Waals surface area contributed by atoms with Crippen LogP contribution in [0.25, 0.3) is 0 Å². The Bertz CT molecular complexity index is 554. The van der Waals surface area contributed by atoms with Crippen molar-refractivity contribution >= 4 is 18.1 Å². The molecule has 0 N–H and O–H groups in total. The fraction of sp³-hybridized carbons (Fsp3) is 0.625. The van der Waals surface area contributed by atoms with Crippen LogP contribution in [0.4, 0.5) is 5.82 Å². The van der Waals surface area contributed by atoms with Crippen molar-refractivity contribution in [1.29, 1.82) is 0 Å². The van der Waals surface area contributed by atoms with Crippen LogP contribution in [-0.2, 0) is 4.79 Å². The van der Waals surface area contributed by atoms with E-state index in [2.05, 4.69) is 21.8 Å². The molecule has 0 bridgehead atoms. The topological polar surface area (TPSA) is 69.6 Å². The summed E-state index contributed by atoms with van der Waals surface area (Å²) in [5.41, 5.74) is 0.411. The van der Waals surface area contributed by atoms with Crippen molar-refractivity contribution in [2.45, 2.75) is 19.8 Å². The Morgan fingerprint density at radius 2 is 1.96 bits per heavy atom. The lowest BCUT2D eigenvalue weighted by molar-refractivity contribution is -0.118. The summed E-state index contributed by atoms with van der Waals surface area (Å²) in [6, 6.07) is 0. The summed E-state index contributed by atoms with van der Waals surface area (Å²) < 4.78 is 0. The monoisotopic (exact) mass is 317 g/mol. The molecular formula is C16H23N5O2. The van der Waals surface area contributed by atoms with Crippen molar-refractivity contribution in [3.8, 4) is 0 Å². The Labute approximate surface area is 136 Å². The van der Waals surface area contributed by atoms with Gasteiger partial charge in [0.2, 0.25) is 6.41 Å². The van der Waals surface area contributed by atoms with Crippen molar-refractivity contribution in [2.24, 2.45) is 5.92 Å². The first-order chi connectivity index (χ1) is 11.2. The normalized spacial score (nSPS) is 22.1. The van der Waals surface area contributed by atoms with E-state index in [-0.39, 0.29) is 5.91 Å². The number of likely N-dealkylation sites (tertiary alicyclic amines) is 1. The summed E-state index contributed by atoms with van der Waals surface area (Å²) >= 11 is 0. The number of amides is 2. The number of rotatable bonds is 3. The van der Waals surface area contributed by atoms with E-state index >= 15 is 0 Å². The Hall–Kier alpha value is -2.18. The van der Waals surface area contributed by atoms with Gasteiger partial charge in [-0.15, -0.1) is 0 Å². The lowest BCUT2D eigenvalue weighted by Gasteiger charge is -2.33. The van der Waals surface area contributed by atoms with Gasteiger partial charge >= 0.3 is 0 Å². The Balaban J connectivity index is 1.63. The average molecular weight is 317 g/mol. The molecule has 0 aromatic carbocycles. The first kappa shape index (κ1) is 15.7. The van der Waals surface area contributed by atoms with Crippen LogP contribution in [0, 0.1) is 5.92 Å². The fourth-order valence-corrected chi connectivity index (χ4v) is 3.19. The van der Waals surface area contributed by atoms with Crippen molar-refractivity contribution in [1.82, 2.24) is 19.8 Å². The van der Waals surface area contributed by atoms with Crippen molar-refractivity contribution in [3.63, 3.8) is 0 Å². The predicted molar refractivity (Wildman–Crippen MR) is 86.2 cm³/mol. The first-order valence-corrected chi connectivity index (χ1v) is 8.23. The van der Waals surface area contributed by atoms with Gasteiger partial charge in [-0.2, -0.15) is 0 Å². The molecule has 2 aliphatic rings. The van der Waals surface area contributed by atoms with Crippen LogP contribution < -0.4 is 4.90 Å². The molecule has 7 nitrogen and oxygen atoms in total. The molecule has 7 heteroatoms. The molecule has 3 rings (SSSR count). The number of piperidine rings is 1. The van der Waals surface area contributed by atoms with Crippen LogP contribution in [0.2, 0.25) is 0 Å². The Morgan fingerprint density at radius 3 is 2.57 bits per heavy atom. The van der Waals surface area contributed by atoms with Gasteiger partial charge in [-0.25, -0.2) is 9.97 Å². The van der Waals surface area contributed by atoms with Gasteiger partial charge in [0.1, 0.15) is 11.5 Å². The highest BCUT2D eigenvalue weighted by molar-refractivity contribution is 5.92. The van der Waals surface area contributed by atoms with Gasteiger partial charge in [-0.1, -0.05) is 6.92 Å². The van der Waals surface area contributed by atoms with Crippen LogP contribution in [0.15, 0.2) is 12.4 Å². The zero-order valence-electron chi connectivity index (χ0n) is 13.5. The predicted octanol–water partition coefficient (Wildman–Crippen LogP) is 0.627. The highest BCUT2D eigenvalue weighted by Gasteiger charge is 2.23. The van der Waals surface area contributed by atoms with Gasteiger partial charge in [0.25, 0.3) is 5.91 Å². The summed E-state index contributed by atoms with van der Waals surface area (Å²) in [4.78, 5) is 37.6. The molecule has 23 heavy (non-hydrogen) atoms. The summed E-state index contributed by atoms with van der Waals surface area (Å²) in [6.45, 7) is 6.65. The molecule has 124 valence electrons. The van der Waals surface area contributed by atoms with Crippen LogP contribution >= 0.6 is 0 Å². The summed E-state index contributed by atoms with van der Waals surface area (Å²) in [6.07, 6.45) is 6.35. The van der Waals surface area contributed by atoms with Gasteiger partial charge in [-0.3, -0.25) is 9.59 Å². The van der Waals surface area contributed by atoms with E-state index in [1.54, 1.807) is 17.3 Å². The molecule has 0 saturated carbocycles. The largest absolute Gasteiger partial charge is 0.352 e. The molecule has 1 unspecified atom stereocenters.